The Labute approximate surface area is 119 Å². The predicted molar refractivity (Wildman–Crippen MR) is 85.0 cm³/mol. The zero-order valence-corrected chi connectivity index (χ0v) is 11.9. The number of anilines is 1. The number of aromatic nitrogens is 1. The van der Waals surface area contributed by atoms with E-state index in [1.54, 1.807) is 0 Å². The maximum absolute atomic E-state index is 4.39. The van der Waals surface area contributed by atoms with Gasteiger partial charge in [0.15, 0.2) is 0 Å². The van der Waals surface area contributed by atoms with Gasteiger partial charge in [-0.2, -0.15) is 0 Å². The zero-order valence-electron chi connectivity index (χ0n) is 11.9. The van der Waals surface area contributed by atoms with Gasteiger partial charge in [-0.1, -0.05) is 24.3 Å². The summed E-state index contributed by atoms with van der Waals surface area (Å²) in [7, 11) is 0. The van der Waals surface area contributed by atoms with Gasteiger partial charge < -0.3 is 5.32 Å². The minimum absolute atomic E-state index is 0.835. The van der Waals surface area contributed by atoms with Gasteiger partial charge in [-0.15, -0.1) is 0 Å². The lowest BCUT2D eigenvalue weighted by Gasteiger charge is -2.12. The summed E-state index contributed by atoms with van der Waals surface area (Å²) in [6.45, 7) is 5.17. The van der Waals surface area contributed by atoms with Crippen molar-refractivity contribution in [2.75, 3.05) is 5.32 Å². The molecule has 0 aliphatic heterocycles. The highest BCUT2D eigenvalue weighted by Crippen LogP contribution is 2.22. The molecule has 0 bridgehead atoms. The second-order valence-corrected chi connectivity index (χ2v) is 5.09. The third-order valence-corrected chi connectivity index (χ3v) is 3.83. The van der Waals surface area contributed by atoms with Crippen LogP contribution in [0.5, 0.6) is 0 Å². The van der Waals surface area contributed by atoms with Crippen LogP contribution in [0.4, 0.5) is 5.69 Å². The minimum Gasteiger partial charge on any atom is -0.380 e. The van der Waals surface area contributed by atoms with E-state index in [9.17, 15) is 0 Å². The fourth-order valence-corrected chi connectivity index (χ4v) is 2.45. The molecule has 20 heavy (non-hydrogen) atoms. The minimum atomic E-state index is 0.835. The molecule has 0 spiro atoms. The lowest BCUT2D eigenvalue weighted by atomic mass is 10.0. The van der Waals surface area contributed by atoms with E-state index in [0.29, 0.717) is 0 Å². The van der Waals surface area contributed by atoms with E-state index in [1.807, 2.05) is 24.4 Å². The normalized spacial score (nSPS) is 10.7. The number of rotatable bonds is 3. The van der Waals surface area contributed by atoms with Crippen molar-refractivity contribution in [1.82, 2.24) is 4.98 Å². The van der Waals surface area contributed by atoms with E-state index in [4.69, 9.17) is 0 Å². The van der Waals surface area contributed by atoms with Crippen LogP contribution in [0.2, 0.25) is 0 Å². The van der Waals surface area contributed by atoms with Gasteiger partial charge >= 0.3 is 0 Å². The number of pyridine rings is 1. The summed E-state index contributed by atoms with van der Waals surface area (Å²) in [5.41, 5.74) is 6.20. The fraction of sp³-hybridized carbons (Fsp3) is 0.167. The molecule has 0 aliphatic rings. The first kappa shape index (κ1) is 12.7. The highest BCUT2D eigenvalue weighted by molar-refractivity contribution is 5.91. The van der Waals surface area contributed by atoms with Crippen molar-refractivity contribution in [3.8, 4) is 0 Å². The number of hydrogen-bond donors (Lipinski definition) is 1. The molecular weight excluding hydrogens is 244 g/mol. The van der Waals surface area contributed by atoms with Crippen LogP contribution >= 0.6 is 0 Å². The summed E-state index contributed by atoms with van der Waals surface area (Å²) in [5, 5.41) is 4.70. The molecule has 2 heteroatoms. The van der Waals surface area contributed by atoms with E-state index in [1.165, 1.54) is 22.1 Å². The summed E-state index contributed by atoms with van der Waals surface area (Å²) >= 11 is 0. The second-order valence-electron chi connectivity index (χ2n) is 5.09. The van der Waals surface area contributed by atoms with E-state index >= 15 is 0 Å². The molecule has 3 aromatic rings. The van der Waals surface area contributed by atoms with Crippen LogP contribution in [0.1, 0.15) is 16.7 Å². The molecule has 0 unspecified atom stereocenters. The van der Waals surface area contributed by atoms with E-state index < -0.39 is 0 Å². The molecule has 0 saturated carbocycles. The van der Waals surface area contributed by atoms with Crippen molar-refractivity contribution in [3.63, 3.8) is 0 Å². The zero-order chi connectivity index (χ0) is 13.9. The first-order chi connectivity index (χ1) is 9.75. The highest BCUT2D eigenvalue weighted by Gasteiger charge is 2.03. The molecule has 0 amide bonds. The highest BCUT2D eigenvalue weighted by atomic mass is 14.9. The number of fused-ring (bicyclic) bond motifs is 1. The lowest BCUT2D eigenvalue weighted by molar-refractivity contribution is 1.11. The molecule has 0 saturated heterocycles. The number of hydrogen-bond acceptors (Lipinski definition) is 2. The summed E-state index contributed by atoms with van der Waals surface area (Å²) in [5.74, 6) is 0. The fourth-order valence-electron chi connectivity index (χ4n) is 2.45. The van der Waals surface area contributed by atoms with Gasteiger partial charge in [0.1, 0.15) is 0 Å². The lowest BCUT2D eigenvalue weighted by Crippen LogP contribution is -2.02. The van der Waals surface area contributed by atoms with Crippen LogP contribution in [0.25, 0.3) is 10.9 Å². The van der Waals surface area contributed by atoms with Gasteiger partial charge in [-0.25, -0.2) is 0 Å². The van der Waals surface area contributed by atoms with Crippen LogP contribution in [0.15, 0.2) is 54.7 Å². The Morgan fingerprint density at radius 3 is 2.70 bits per heavy atom. The molecule has 3 rings (SSSR count). The van der Waals surface area contributed by atoms with Gasteiger partial charge in [-0.3, -0.25) is 4.98 Å². The molecule has 1 aromatic heterocycles. The second kappa shape index (κ2) is 5.33. The van der Waals surface area contributed by atoms with E-state index in [0.717, 1.165) is 17.7 Å². The van der Waals surface area contributed by atoms with Crippen LogP contribution in [-0.2, 0) is 6.54 Å². The summed E-state index contributed by atoms with van der Waals surface area (Å²) < 4.78 is 0. The number of benzene rings is 2. The molecule has 0 aliphatic carbocycles. The van der Waals surface area contributed by atoms with Crippen molar-refractivity contribution in [2.24, 2.45) is 0 Å². The molecule has 2 aromatic carbocycles. The predicted octanol–water partition coefficient (Wildman–Crippen LogP) is 4.46. The quantitative estimate of drug-likeness (QED) is 0.753. The van der Waals surface area contributed by atoms with Crippen LogP contribution in [-0.4, -0.2) is 4.98 Å². The van der Waals surface area contributed by atoms with Crippen molar-refractivity contribution in [1.29, 1.82) is 0 Å². The van der Waals surface area contributed by atoms with Crippen molar-refractivity contribution < 1.29 is 0 Å². The molecule has 0 radical (unpaired) electrons. The van der Waals surface area contributed by atoms with Crippen molar-refractivity contribution >= 4 is 16.6 Å². The maximum Gasteiger partial charge on any atom is 0.0722 e. The Bertz CT molecular complexity index is 742. The average molecular weight is 262 g/mol. The number of nitrogens with one attached hydrogen (secondary N) is 1. The third-order valence-electron chi connectivity index (χ3n) is 3.83. The van der Waals surface area contributed by atoms with Crippen LogP contribution in [0.3, 0.4) is 0 Å². The summed E-state index contributed by atoms with van der Waals surface area (Å²) in [6.07, 6.45) is 1.83. The van der Waals surface area contributed by atoms with Gasteiger partial charge in [0, 0.05) is 23.8 Å². The molecule has 0 fully saturated rings. The van der Waals surface area contributed by atoms with Gasteiger partial charge in [0.05, 0.1) is 5.52 Å². The van der Waals surface area contributed by atoms with Crippen molar-refractivity contribution in [3.05, 3.63) is 71.4 Å². The monoisotopic (exact) mass is 262 g/mol. The molecular formula is C18H18N2. The summed E-state index contributed by atoms with van der Waals surface area (Å²) in [6, 6.07) is 16.7. The molecule has 0 atom stereocenters. The first-order valence-electron chi connectivity index (χ1n) is 6.88. The number of nitrogens with zero attached hydrogens (tertiary/aromatic N) is 1. The Balaban J connectivity index is 1.89. The first-order valence-corrected chi connectivity index (χ1v) is 6.88. The third kappa shape index (κ3) is 2.37. The maximum atomic E-state index is 4.39. The SMILES string of the molecule is Cc1cccc(CNc2cccc3ncccc23)c1C. The smallest absolute Gasteiger partial charge is 0.0722 e. The van der Waals surface area contributed by atoms with E-state index in [2.05, 4.69) is 54.5 Å². The van der Waals surface area contributed by atoms with E-state index in [-0.39, 0.29) is 0 Å². The number of aryl methyl sites for hydroxylation is 1. The topological polar surface area (TPSA) is 24.9 Å². The molecule has 100 valence electrons. The Morgan fingerprint density at radius 2 is 1.80 bits per heavy atom. The van der Waals surface area contributed by atoms with Gasteiger partial charge in [-0.05, 0) is 54.8 Å². The molecule has 2 nitrogen and oxygen atoms in total. The van der Waals surface area contributed by atoms with Crippen LogP contribution in [0, 0.1) is 13.8 Å². The average Bonchev–Trinajstić information content (AvgIpc) is 2.49. The van der Waals surface area contributed by atoms with Crippen molar-refractivity contribution in [2.45, 2.75) is 20.4 Å². The van der Waals surface area contributed by atoms with Gasteiger partial charge in [0.2, 0.25) is 0 Å². The Kier molecular flexibility index (Phi) is 3.38. The molecule has 1 heterocycles. The standard InChI is InChI=1S/C18H18N2/c1-13-6-3-7-15(14(13)2)12-20-18-10-4-9-17-16(18)8-5-11-19-17/h3-11,20H,12H2,1-2H3. The Hall–Kier alpha value is -2.35. The van der Waals surface area contributed by atoms with Crippen LogP contribution < -0.4 is 5.32 Å². The largest absolute Gasteiger partial charge is 0.380 e. The Morgan fingerprint density at radius 1 is 0.950 bits per heavy atom. The van der Waals surface area contributed by atoms with Gasteiger partial charge in [0.25, 0.3) is 0 Å². The molecule has 1 N–H and O–H groups in total. The summed E-state index contributed by atoms with van der Waals surface area (Å²) in [4.78, 5) is 4.39.